The number of aliphatic hydroxyl groups excluding tert-OH is 1. The molecule has 0 atom stereocenters. The Morgan fingerprint density at radius 1 is 1.44 bits per heavy atom. The molecule has 0 saturated heterocycles. The summed E-state index contributed by atoms with van der Waals surface area (Å²) in [6.07, 6.45) is 1.78. The first kappa shape index (κ1) is 12.7. The Morgan fingerprint density at radius 3 is 2.94 bits per heavy atom. The molecule has 0 spiro atoms. The van der Waals surface area contributed by atoms with E-state index in [9.17, 15) is 4.79 Å². The third-order valence-corrected chi connectivity index (χ3v) is 2.77. The van der Waals surface area contributed by atoms with E-state index in [0.29, 0.717) is 18.7 Å². The lowest BCUT2D eigenvalue weighted by Crippen LogP contribution is -2.24. The summed E-state index contributed by atoms with van der Waals surface area (Å²) >= 11 is 0. The molecule has 0 radical (unpaired) electrons. The minimum Gasteiger partial charge on any atom is -0.395 e. The predicted molar refractivity (Wildman–Crippen MR) is 69.6 cm³/mol. The molecule has 0 bridgehead atoms. The highest BCUT2D eigenvalue weighted by Crippen LogP contribution is 2.03. The molecule has 96 valence electrons. The van der Waals surface area contributed by atoms with Crippen LogP contribution in [0.5, 0.6) is 0 Å². The van der Waals surface area contributed by atoms with E-state index >= 15 is 0 Å². The van der Waals surface area contributed by atoms with Crippen LogP contribution in [0.25, 0.3) is 5.65 Å². The van der Waals surface area contributed by atoms with Crippen LogP contribution in [0, 0.1) is 6.92 Å². The van der Waals surface area contributed by atoms with Gasteiger partial charge in [0.1, 0.15) is 5.65 Å². The molecule has 0 saturated carbocycles. The number of rotatable bonds is 4. The van der Waals surface area contributed by atoms with Gasteiger partial charge in [0.2, 0.25) is 0 Å². The molecule has 2 aromatic rings. The van der Waals surface area contributed by atoms with Gasteiger partial charge in [-0.2, -0.15) is 0 Å². The predicted octanol–water partition coefficient (Wildman–Crippen LogP) is 0.427. The van der Waals surface area contributed by atoms with Gasteiger partial charge in [-0.3, -0.25) is 14.1 Å². The Morgan fingerprint density at radius 2 is 2.22 bits per heavy atom. The smallest absolute Gasteiger partial charge is 0.258 e. The van der Waals surface area contributed by atoms with Gasteiger partial charge < -0.3 is 5.11 Å². The first-order valence-corrected chi connectivity index (χ1v) is 5.88. The van der Waals surface area contributed by atoms with E-state index in [1.807, 2.05) is 31.0 Å². The maximum absolute atomic E-state index is 11.9. The molecule has 0 aromatic carbocycles. The molecule has 0 aliphatic carbocycles. The maximum atomic E-state index is 11.9. The minimum absolute atomic E-state index is 0.0731. The van der Waals surface area contributed by atoms with Crippen LogP contribution in [0.4, 0.5) is 0 Å². The van der Waals surface area contributed by atoms with Gasteiger partial charge in [-0.1, -0.05) is 6.07 Å². The molecule has 5 nitrogen and oxygen atoms in total. The van der Waals surface area contributed by atoms with E-state index in [1.165, 1.54) is 0 Å². The average molecular weight is 247 g/mol. The van der Waals surface area contributed by atoms with Crippen molar-refractivity contribution in [2.45, 2.75) is 13.5 Å². The zero-order valence-electron chi connectivity index (χ0n) is 10.6. The Bertz CT molecular complexity index is 607. The molecule has 0 unspecified atom stereocenters. The lowest BCUT2D eigenvalue weighted by atomic mass is 10.3. The summed E-state index contributed by atoms with van der Waals surface area (Å²) < 4.78 is 1.55. The summed E-state index contributed by atoms with van der Waals surface area (Å²) in [4.78, 5) is 18.3. The van der Waals surface area contributed by atoms with Crippen molar-refractivity contribution in [1.29, 1.82) is 0 Å². The first-order valence-electron chi connectivity index (χ1n) is 5.88. The van der Waals surface area contributed by atoms with Gasteiger partial charge in [0.25, 0.3) is 5.56 Å². The van der Waals surface area contributed by atoms with E-state index in [2.05, 4.69) is 4.98 Å². The summed E-state index contributed by atoms with van der Waals surface area (Å²) in [5, 5.41) is 8.84. The zero-order chi connectivity index (χ0) is 13.1. The number of aromatic nitrogens is 2. The summed E-state index contributed by atoms with van der Waals surface area (Å²) in [7, 11) is 1.88. The van der Waals surface area contributed by atoms with Crippen molar-refractivity contribution in [3.63, 3.8) is 0 Å². The Balaban J connectivity index is 2.37. The molecule has 0 aliphatic heterocycles. The monoisotopic (exact) mass is 247 g/mol. The number of likely N-dealkylation sites (N-methyl/N-ethyl adjacent to an activating group) is 1. The quantitative estimate of drug-likeness (QED) is 0.851. The molecule has 2 heterocycles. The number of nitrogens with zero attached hydrogens (tertiary/aromatic N) is 3. The fraction of sp³-hybridized carbons (Fsp3) is 0.385. The van der Waals surface area contributed by atoms with Gasteiger partial charge in [0, 0.05) is 25.4 Å². The number of fused-ring (bicyclic) bond motifs is 1. The zero-order valence-corrected chi connectivity index (χ0v) is 10.6. The number of pyridine rings is 1. The van der Waals surface area contributed by atoms with Crippen LogP contribution < -0.4 is 5.56 Å². The van der Waals surface area contributed by atoms with Crippen LogP contribution >= 0.6 is 0 Å². The topological polar surface area (TPSA) is 57.8 Å². The standard InChI is InChI=1S/C13H17N3O2/c1-10-3-4-12-14-11(9-15(2)5-6-17)7-13(18)16(12)8-10/h3-4,7-8,17H,5-6,9H2,1-2H3. The van der Waals surface area contributed by atoms with Gasteiger partial charge >= 0.3 is 0 Å². The second-order valence-corrected chi connectivity index (χ2v) is 4.48. The number of hydrogen-bond acceptors (Lipinski definition) is 4. The number of aliphatic hydroxyl groups is 1. The van der Waals surface area contributed by atoms with E-state index in [0.717, 1.165) is 11.3 Å². The van der Waals surface area contributed by atoms with Crippen LogP contribution in [0.3, 0.4) is 0 Å². The Hall–Kier alpha value is -1.72. The van der Waals surface area contributed by atoms with Crippen molar-refractivity contribution < 1.29 is 5.11 Å². The second-order valence-electron chi connectivity index (χ2n) is 4.48. The summed E-state index contributed by atoms with van der Waals surface area (Å²) in [5.41, 5.74) is 2.33. The first-order chi connectivity index (χ1) is 8.60. The van der Waals surface area contributed by atoms with Gasteiger partial charge in [-0.05, 0) is 25.6 Å². The van der Waals surface area contributed by atoms with Crippen molar-refractivity contribution in [2.75, 3.05) is 20.2 Å². The minimum atomic E-state index is -0.0731. The molecule has 5 heteroatoms. The normalized spacial score (nSPS) is 11.3. The molecule has 0 fully saturated rings. The number of hydrogen-bond donors (Lipinski definition) is 1. The molecule has 2 aromatic heterocycles. The van der Waals surface area contributed by atoms with E-state index in [-0.39, 0.29) is 12.2 Å². The second kappa shape index (κ2) is 5.29. The third kappa shape index (κ3) is 2.75. The molecule has 0 amide bonds. The summed E-state index contributed by atoms with van der Waals surface area (Å²) in [6, 6.07) is 5.32. The van der Waals surface area contributed by atoms with Crippen molar-refractivity contribution in [3.05, 3.63) is 46.0 Å². The van der Waals surface area contributed by atoms with Crippen LogP contribution in [0.2, 0.25) is 0 Å². The van der Waals surface area contributed by atoms with Gasteiger partial charge in [0.15, 0.2) is 0 Å². The van der Waals surface area contributed by atoms with Crippen molar-refractivity contribution in [1.82, 2.24) is 14.3 Å². The molecule has 2 rings (SSSR count). The lowest BCUT2D eigenvalue weighted by Gasteiger charge is -2.14. The van der Waals surface area contributed by atoms with E-state index in [1.54, 1.807) is 16.7 Å². The molecule has 0 aliphatic rings. The van der Waals surface area contributed by atoms with Crippen LogP contribution in [0.1, 0.15) is 11.3 Å². The Labute approximate surface area is 105 Å². The van der Waals surface area contributed by atoms with Gasteiger partial charge in [-0.25, -0.2) is 4.98 Å². The highest BCUT2D eigenvalue weighted by atomic mass is 16.3. The third-order valence-electron chi connectivity index (χ3n) is 2.77. The fourth-order valence-electron chi connectivity index (χ4n) is 1.87. The fourth-order valence-corrected chi connectivity index (χ4v) is 1.87. The molecular formula is C13H17N3O2. The highest BCUT2D eigenvalue weighted by Gasteiger charge is 2.05. The van der Waals surface area contributed by atoms with E-state index < -0.39 is 0 Å². The lowest BCUT2D eigenvalue weighted by molar-refractivity contribution is 0.216. The molecular weight excluding hydrogens is 230 g/mol. The SMILES string of the molecule is Cc1ccc2nc(CN(C)CCO)cc(=O)n2c1. The van der Waals surface area contributed by atoms with Gasteiger partial charge in [-0.15, -0.1) is 0 Å². The van der Waals surface area contributed by atoms with Crippen molar-refractivity contribution in [2.24, 2.45) is 0 Å². The Kier molecular flexibility index (Phi) is 3.74. The van der Waals surface area contributed by atoms with E-state index in [4.69, 9.17) is 5.11 Å². The maximum Gasteiger partial charge on any atom is 0.258 e. The highest BCUT2D eigenvalue weighted by molar-refractivity contribution is 5.39. The molecule has 18 heavy (non-hydrogen) atoms. The van der Waals surface area contributed by atoms with Crippen molar-refractivity contribution in [3.8, 4) is 0 Å². The summed E-state index contributed by atoms with van der Waals surface area (Å²) in [6.45, 7) is 3.16. The summed E-state index contributed by atoms with van der Waals surface area (Å²) in [5.74, 6) is 0. The van der Waals surface area contributed by atoms with Crippen molar-refractivity contribution >= 4 is 5.65 Å². The average Bonchev–Trinajstić information content (AvgIpc) is 2.30. The van der Waals surface area contributed by atoms with Crippen LogP contribution in [-0.2, 0) is 6.54 Å². The number of aryl methyl sites for hydroxylation is 1. The molecule has 1 N–H and O–H groups in total. The largest absolute Gasteiger partial charge is 0.395 e. The van der Waals surface area contributed by atoms with Crippen LogP contribution in [-0.4, -0.2) is 39.6 Å². The van der Waals surface area contributed by atoms with Gasteiger partial charge in [0.05, 0.1) is 12.3 Å². The van der Waals surface area contributed by atoms with Crippen LogP contribution in [0.15, 0.2) is 29.2 Å².